The molecule has 0 fully saturated rings. The lowest BCUT2D eigenvalue weighted by molar-refractivity contribution is -0.119. The molecule has 0 saturated carbocycles. The van der Waals surface area contributed by atoms with Crippen LogP contribution in [-0.2, 0) is 11.8 Å². The predicted molar refractivity (Wildman–Crippen MR) is 103 cm³/mol. The Balaban J connectivity index is 1.62. The normalized spacial score (nSPS) is 11.9. The third-order valence-electron chi connectivity index (χ3n) is 4.09. The first-order valence-electron chi connectivity index (χ1n) is 8.26. The smallest absolute Gasteiger partial charge is 0.276 e. The Morgan fingerprint density at radius 2 is 1.74 bits per heavy atom. The zero-order valence-electron chi connectivity index (χ0n) is 15.1. The summed E-state index contributed by atoms with van der Waals surface area (Å²) in [4.78, 5) is 24.5. The first-order chi connectivity index (χ1) is 12.8. The third-order valence-corrected chi connectivity index (χ3v) is 4.46. The number of benzene rings is 1. The van der Waals surface area contributed by atoms with Crippen molar-refractivity contribution in [1.82, 2.24) is 19.6 Å². The highest BCUT2D eigenvalue weighted by molar-refractivity contribution is 6.31. The fraction of sp³-hybridized carbons (Fsp3) is 0.222. The number of carbonyl (C=O) groups excluding carboxylic acids is 2. The average Bonchev–Trinajstić information content (AvgIpc) is 3.22. The Morgan fingerprint density at radius 1 is 1.11 bits per heavy atom. The molecule has 9 heteroatoms. The first kappa shape index (κ1) is 18.7. The highest BCUT2D eigenvalue weighted by atomic mass is 35.5. The molecule has 0 bridgehead atoms. The second kappa shape index (κ2) is 7.63. The molecule has 140 valence electrons. The maximum atomic E-state index is 12.4. The van der Waals surface area contributed by atoms with Crippen molar-refractivity contribution >= 4 is 34.8 Å². The van der Waals surface area contributed by atoms with E-state index in [4.69, 9.17) is 11.6 Å². The average molecular weight is 387 g/mol. The van der Waals surface area contributed by atoms with Gasteiger partial charge in [-0.15, -0.1) is 0 Å². The van der Waals surface area contributed by atoms with Crippen LogP contribution in [0.2, 0.25) is 5.02 Å². The molecule has 0 aliphatic rings. The lowest BCUT2D eigenvalue weighted by Crippen LogP contribution is -2.25. The Hall–Kier alpha value is -3.13. The van der Waals surface area contributed by atoms with Gasteiger partial charge in [-0.3, -0.25) is 19.0 Å². The lowest BCUT2D eigenvalue weighted by atomic mass is 10.2. The van der Waals surface area contributed by atoms with E-state index in [0.29, 0.717) is 22.1 Å². The standard InChI is InChI=1S/C18H19ClN6O2/c1-11-15(19)10-20-25(11)12(2)17(26)21-13-4-6-14(7-5-13)22-18(27)16-8-9-24(3)23-16/h4-10,12H,1-3H3,(H,21,26)(H,22,27). The molecule has 2 N–H and O–H groups in total. The van der Waals surface area contributed by atoms with E-state index in [1.807, 2.05) is 0 Å². The number of aromatic nitrogens is 4. The van der Waals surface area contributed by atoms with Crippen LogP contribution in [-0.4, -0.2) is 31.4 Å². The Morgan fingerprint density at radius 3 is 2.26 bits per heavy atom. The number of aryl methyl sites for hydroxylation is 1. The zero-order chi connectivity index (χ0) is 19.6. The third kappa shape index (κ3) is 4.17. The van der Waals surface area contributed by atoms with Crippen molar-refractivity contribution in [2.24, 2.45) is 7.05 Å². The summed E-state index contributed by atoms with van der Waals surface area (Å²) in [6.07, 6.45) is 3.21. The molecule has 0 aliphatic carbocycles. The van der Waals surface area contributed by atoms with Crippen molar-refractivity contribution in [3.8, 4) is 0 Å². The second-order valence-corrected chi connectivity index (χ2v) is 6.50. The summed E-state index contributed by atoms with van der Waals surface area (Å²) in [7, 11) is 1.74. The van der Waals surface area contributed by atoms with Crippen molar-refractivity contribution in [2.75, 3.05) is 10.6 Å². The van der Waals surface area contributed by atoms with Crippen molar-refractivity contribution in [1.29, 1.82) is 0 Å². The predicted octanol–water partition coefficient (Wildman–Crippen LogP) is 3.03. The number of nitrogens with one attached hydrogen (secondary N) is 2. The van der Waals surface area contributed by atoms with Gasteiger partial charge < -0.3 is 10.6 Å². The number of amides is 2. The van der Waals surface area contributed by atoms with Gasteiger partial charge in [0.1, 0.15) is 6.04 Å². The largest absolute Gasteiger partial charge is 0.324 e. The number of halogens is 1. The van der Waals surface area contributed by atoms with Crippen LogP contribution in [0.15, 0.2) is 42.7 Å². The summed E-state index contributed by atoms with van der Waals surface area (Å²) in [5.74, 6) is -0.518. The second-order valence-electron chi connectivity index (χ2n) is 6.09. The number of hydrogen-bond acceptors (Lipinski definition) is 4. The summed E-state index contributed by atoms with van der Waals surface area (Å²) in [6.45, 7) is 3.55. The summed E-state index contributed by atoms with van der Waals surface area (Å²) in [5, 5.41) is 14.3. The van der Waals surface area contributed by atoms with Crippen LogP contribution in [0.25, 0.3) is 0 Å². The molecule has 27 heavy (non-hydrogen) atoms. The molecule has 0 aliphatic heterocycles. The minimum Gasteiger partial charge on any atom is -0.324 e. The molecule has 2 aromatic heterocycles. The van der Waals surface area contributed by atoms with Gasteiger partial charge in [-0.1, -0.05) is 11.6 Å². The summed E-state index contributed by atoms with van der Waals surface area (Å²) >= 11 is 5.99. The van der Waals surface area contributed by atoms with E-state index in [2.05, 4.69) is 20.8 Å². The number of hydrogen-bond donors (Lipinski definition) is 2. The molecule has 1 aromatic carbocycles. The van der Waals surface area contributed by atoms with Gasteiger partial charge in [-0.05, 0) is 44.2 Å². The Kier molecular flexibility index (Phi) is 5.27. The van der Waals surface area contributed by atoms with Gasteiger partial charge in [0.05, 0.1) is 16.9 Å². The Bertz CT molecular complexity index is 976. The molecular weight excluding hydrogens is 368 g/mol. The van der Waals surface area contributed by atoms with Gasteiger partial charge in [0.15, 0.2) is 5.69 Å². The van der Waals surface area contributed by atoms with Gasteiger partial charge in [0.25, 0.3) is 5.91 Å². The molecule has 3 rings (SSSR count). The van der Waals surface area contributed by atoms with Gasteiger partial charge in [-0.25, -0.2) is 0 Å². The number of anilines is 2. The fourth-order valence-electron chi connectivity index (χ4n) is 2.52. The number of nitrogens with zero attached hydrogens (tertiary/aromatic N) is 4. The van der Waals surface area contributed by atoms with Gasteiger partial charge >= 0.3 is 0 Å². The monoisotopic (exact) mass is 386 g/mol. The van der Waals surface area contributed by atoms with E-state index in [9.17, 15) is 9.59 Å². The molecule has 1 unspecified atom stereocenters. The van der Waals surface area contributed by atoms with Crippen molar-refractivity contribution < 1.29 is 9.59 Å². The van der Waals surface area contributed by atoms with Crippen LogP contribution < -0.4 is 10.6 Å². The van der Waals surface area contributed by atoms with E-state index < -0.39 is 6.04 Å². The van der Waals surface area contributed by atoms with Crippen LogP contribution in [0, 0.1) is 6.92 Å². The van der Waals surface area contributed by atoms with E-state index >= 15 is 0 Å². The van der Waals surface area contributed by atoms with Crippen LogP contribution in [0.4, 0.5) is 11.4 Å². The van der Waals surface area contributed by atoms with Gasteiger partial charge in [0.2, 0.25) is 5.91 Å². The maximum Gasteiger partial charge on any atom is 0.276 e. The van der Waals surface area contributed by atoms with Crippen molar-refractivity contribution in [3.05, 3.63) is 59.1 Å². The van der Waals surface area contributed by atoms with Crippen LogP contribution >= 0.6 is 11.6 Å². The summed E-state index contributed by atoms with van der Waals surface area (Å²) < 4.78 is 3.13. The molecule has 0 radical (unpaired) electrons. The SMILES string of the molecule is Cc1c(Cl)cnn1C(C)C(=O)Nc1ccc(NC(=O)c2ccn(C)n2)cc1. The minimum atomic E-state index is -0.513. The van der Waals surface area contributed by atoms with Gasteiger partial charge in [-0.2, -0.15) is 10.2 Å². The molecule has 3 aromatic rings. The number of rotatable bonds is 5. The molecule has 2 heterocycles. The van der Waals surface area contributed by atoms with E-state index in [0.717, 1.165) is 5.69 Å². The molecular formula is C18H19ClN6O2. The molecule has 0 saturated heterocycles. The highest BCUT2D eigenvalue weighted by Crippen LogP contribution is 2.20. The lowest BCUT2D eigenvalue weighted by Gasteiger charge is -2.15. The highest BCUT2D eigenvalue weighted by Gasteiger charge is 2.19. The van der Waals surface area contributed by atoms with Crippen LogP contribution in [0.1, 0.15) is 29.1 Å². The Labute approximate surface area is 161 Å². The minimum absolute atomic E-state index is 0.219. The zero-order valence-corrected chi connectivity index (χ0v) is 15.9. The van der Waals surface area contributed by atoms with E-state index in [1.54, 1.807) is 66.8 Å². The fourth-order valence-corrected chi connectivity index (χ4v) is 2.65. The van der Waals surface area contributed by atoms with Crippen molar-refractivity contribution in [2.45, 2.75) is 19.9 Å². The summed E-state index contributed by atoms with van der Waals surface area (Å²) in [5.41, 5.74) is 2.27. The van der Waals surface area contributed by atoms with Crippen molar-refractivity contribution in [3.63, 3.8) is 0 Å². The number of carbonyl (C=O) groups is 2. The molecule has 2 amide bonds. The quantitative estimate of drug-likeness (QED) is 0.704. The van der Waals surface area contributed by atoms with Crippen LogP contribution in [0.3, 0.4) is 0 Å². The van der Waals surface area contributed by atoms with Gasteiger partial charge in [0, 0.05) is 24.6 Å². The topological polar surface area (TPSA) is 93.8 Å². The maximum absolute atomic E-state index is 12.4. The van der Waals surface area contributed by atoms with Crippen LogP contribution in [0.5, 0.6) is 0 Å². The molecule has 1 atom stereocenters. The van der Waals surface area contributed by atoms with E-state index in [-0.39, 0.29) is 11.8 Å². The van der Waals surface area contributed by atoms with E-state index in [1.165, 1.54) is 6.20 Å². The molecule has 8 nitrogen and oxygen atoms in total. The first-order valence-corrected chi connectivity index (χ1v) is 8.64. The summed E-state index contributed by atoms with van der Waals surface area (Å²) in [6, 6.07) is 7.95. The molecule has 0 spiro atoms.